The van der Waals surface area contributed by atoms with Crippen molar-refractivity contribution in [3.63, 3.8) is 0 Å². The lowest BCUT2D eigenvalue weighted by Crippen LogP contribution is -2.29. The minimum absolute atomic E-state index is 0.733. The molecule has 0 atom stereocenters. The van der Waals surface area contributed by atoms with E-state index >= 15 is 0 Å². The van der Waals surface area contributed by atoms with Crippen LogP contribution in [-0.4, -0.2) is 39.7 Å². The average molecular weight is 282 g/mol. The summed E-state index contributed by atoms with van der Waals surface area (Å²) in [5.41, 5.74) is 1.91. The SMILES string of the molecule is CN(c1cccc(CN2CCCCC2)c1)S(C)(=O)=O. The van der Waals surface area contributed by atoms with Crippen LogP contribution in [0.5, 0.6) is 0 Å². The highest BCUT2D eigenvalue weighted by Crippen LogP contribution is 2.19. The quantitative estimate of drug-likeness (QED) is 0.849. The molecule has 2 rings (SSSR count). The second-order valence-electron chi connectivity index (χ2n) is 5.24. The highest BCUT2D eigenvalue weighted by Gasteiger charge is 2.14. The Kier molecular flexibility index (Phi) is 4.47. The number of hydrogen-bond acceptors (Lipinski definition) is 3. The first-order chi connectivity index (χ1) is 8.97. The van der Waals surface area contributed by atoms with Crippen molar-refractivity contribution in [3.8, 4) is 0 Å². The number of sulfonamides is 1. The van der Waals surface area contributed by atoms with Crippen LogP contribution < -0.4 is 4.31 Å². The zero-order valence-corrected chi connectivity index (χ0v) is 12.5. The van der Waals surface area contributed by atoms with E-state index in [4.69, 9.17) is 0 Å². The van der Waals surface area contributed by atoms with E-state index in [0.29, 0.717) is 0 Å². The lowest BCUT2D eigenvalue weighted by molar-refractivity contribution is 0.221. The molecule has 4 nitrogen and oxygen atoms in total. The van der Waals surface area contributed by atoms with E-state index in [1.165, 1.54) is 35.4 Å². The van der Waals surface area contributed by atoms with Gasteiger partial charge in [-0.1, -0.05) is 18.6 Å². The molecule has 1 aliphatic heterocycles. The summed E-state index contributed by atoms with van der Waals surface area (Å²) < 4.78 is 24.4. The Labute approximate surface area is 116 Å². The summed E-state index contributed by atoms with van der Waals surface area (Å²) in [6.07, 6.45) is 5.09. The first-order valence-corrected chi connectivity index (χ1v) is 8.57. The lowest BCUT2D eigenvalue weighted by Gasteiger charge is -2.27. The molecule has 1 aromatic rings. The molecule has 5 heteroatoms. The third kappa shape index (κ3) is 3.94. The van der Waals surface area contributed by atoms with Gasteiger partial charge in [0.2, 0.25) is 10.0 Å². The minimum atomic E-state index is -3.19. The predicted octanol–water partition coefficient (Wildman–Crippen LogP) is 2.07. The van der Waals surface area contributed by atoms with Gasteiger partial charge in [0.15, 0.2) is 0 Å². The van der Waals surface area contributed by atoms with Gasteiger partial charge in [0.05, 0.1) is 11.9 Å². The average Bonchev–Trinajstić information content (AvgIpc) is 2.38. The van der Waals surface area contributed by atoms with Crippen molar-refractivity contribution in [3.05, 3.63) is 29.8 Å². The third-order valence-electron chi connectivity index (χ3n) is 3.63. The molecule has 106 valence electrons. The van der Waals surface area contributed by atoms with Gasteiger partial charge in [0, 0.05) is 13.6 Å². The van der Waals surface area contributed by atoms with E-state index in [-0.39, 0.29) is 0 Å². The molecule has 1 saturated heterocycles. The lowest BCUT2D eigenvalue weighted by atomic mass is 10.1. The van der Waals surface area contributed by atoms with Crippen molar-refractivity contribution in [1.29, 1.82) is 0 Å². The summed E-state index contributed by atoms with van der Waals surface area (Å²) >= 11 is 0. The number of hydrogen-bond donors (Lipinski definition) is 0. The molecule has 0 bridgehead atoms. The smallest absolute Gasteiger partial charge is 0.231 e. The van der Waals surface area contributed by atoms with Crippen molar-refractivity contribution < 1.29 is 8.42 Å². The molecule has 0 amide bonds. The Morgan fingerprint density at radius 1 is 1.21 bits per heavy atom. The summed E-state index contributed by atoms with van der Waals surface area (Å²) in [7, 11) is -1.59. The van der Waals surface area contributed by atoms with Gasteiger partial charge < -0.3 is 0 Å². The van der Waals surface area contributed by atoms with Crippen LogP contribution in [0, 0.1) is 0 Å². The fourth-order valence-electron chi connectivity index (χ4n) is 2.42. The number of anilines is 1. The van der Waals surface area contributed by atoms with E-state index in [2.05, 4.69) is 11.0 Å². The van der Waals surface area contributed by atoms with Gasteiger partial charge in [-0.05, 0) is 43.6 Å². The Bertz CT molecular complexity index is 522. The molecule has 0 aliphatic carbocycles. The molecule has 1 aromatic carbocycles. The summed E-state index contributed by atoms with van der Waals surface area (Å²) in [5, 5.41) is 0. The summed E-state index contributed by atoms with van der Waals surface area (Å²) in [4.78, 5) is 2.43. The molecule has 0 N–H and O–H groups in total. The molecule has 0 aromatic heterocycles. The van der Waals surface area contributed by atoms with Gasteiger partial charge in [-0.2, -0.15) is 0 Å². The van der Waals surface area contributed by atoms with Gasteiger partial charge in [-0.15, -0.1) is 0 Å². The molecule has 1 aliphatic rings. The van der Waals surface area contributed by atoms with Crippen molar-refractivity contribution in [2.45, 2.75) is 25.8 Å². The molecule has 1 heterocycles. The van der Waals surface area contributed by atoms with Crippen molar-refractivity contribution >= 4 is 15.7 Å². The van der Waals surface area contributed by atoms with Gasteiger partial charge >= 0.3 is 0 Å². The Morgan fingerprint density at radius 2 is 1.89 bits per heavy atom. The summed E-state index contributed by atoms with van der Waals surface area (Å²) in [5.74, 6) is 0. The zero-order chi connectivity index (χ0) is 13.9. The number of nitrogens with zero attached hydrogens (tertiary/aromatic N) is 2. The Balaban J connectivity index is 2.10. The first-order valence-electron chi connectivity index (χ1n) is 6.72. The minimum Gasteiger partial charge on any atom is -0.299 e. The van der Waals surface area contributed by atoms with Crippen LogP contribution in [-0.2, 0) is 16.6 Å². The van der Waals surface area contributed by atoms with Crippen molar-refractivity contribution in [2.24, 2.45) is 0 Å². The number of likely N-dealkylation sites (tertiary alicyclic amines) is 1. The second-order valence-corrected chi connectivity index (χ2v) is 7.25. The van der Waals surface area contributed by atoms with E-state index in [1.54, 1.807) is 7.05 Å². The standard InChI is InChI=1S/C14H22N2O2S/c1-15(19(2,17)18)14-8-6-7-13(11-14)12-16-9-4-3-5-10-16/h6-8,11H,3-5,9-10,12H2,1-2H3. The molecule has 1 fully saturated rings. The predicted molar refractivity (Wildman–Crippen MR) is 78.8 cm³/mol. The van der Waals surface area contributed by atoms with Crippen molar-refractivity contribution in [2.75, 3.05) is 30.7 Å². The van der Waals surface area contributed by atoms with Crippen LogP contribution in [0.15, 0.2) is 24.3 Å². The van der Waals surface area contributed by atoms with Crippen molar-refractivity contribution in [1.82, 2.24) is 4.90 Å². The molecule has 19 heavy (non-hydrogen) atoms. The van der Waals surface area contributed by atoms with Gasteiger partial charge in [0.25, 0.3) is 0 Å². The normalized spacial score (nSPS) is 17.4. The maximum absolute atomic E-state index is 11.5. The summed E-state index contributed by atoms with van der Waals surface area (Å²) in [6, 6.07) is 7.79. The number of rotatable bonds is 4. The van der Waals surface area contributed by atoms with Crippen LogP contribution in [0.2, 0.25) is 0 Å². The van der Waals surface area contributed by atoms with E-state index < -0.39 is 10.0 Å². The highest BCUT2D eigenvalue weighted by atomic mass is 32.2. The molecular formula is C14H22N2O2S. The monoisotopic (exact) mass is 282 g/mol. The van der Waals surface area contributed by atoms with Crippen LogP contribution in [0.1, 0.15) is 24.8 Å². The number of benzene rings is 1. The topological polar surface area (TPSA) is 40.6 Å². The summed E-state index contributed by atoms with van der Waals surface area (Å²) in [6.45, 7) is 3.20. The van der Waals surface area contributed by atoms with Gasteiger partial charge in [0.1, 0.15) is 0 Å². The van der Waals surface area contributed by atoms with Crippen LogP contribution >= 0.6 is 0 Å². The van der Waals surface area contributed by atoms with Gasteiger partial charge in [-0.3, -0.25) is 9.21 Å². The molecule has 0 spiro atoms. The van der Waals surface area contributed by atoms with Gasteiger partial charge in [-0.25, -0.2) is 8.42 Å². The molecule has 0 radical (unpaired) electrons. The zero-order valence-electron chi connectivity index (χ0n) is 11.7. The Hall–Kier alpha value is -1.07. The van der Waals surface area contributed by atoms with Crippen LogP contribution in [0.25, 0.3) is 0 Å². The maximum Gasteiger partial charge on any atom is 0.231 e. The maximum atomic E-state index is 11.5. The fraction of sp³-hybridized carbons (Fsp3) is 0.571. The largest absolute Gasteiger partial charge is 0.299 e. The number of piperidine rings is 1. The molecule has 0 unspecified atom stereocenters. The second kappa shape index (κ2) is 5.92. The van der Waals surface area contributed by atoms with E-state index in [1.807, 2.05) is 18.2 Å². The first kappa shape index (κ1) is 14.3. The van der Waals surface area contributed by atoms with E-state index in [9.17, 15) is 8.42 Å². The van der Waals surface area contributed by atoms with Crippen LogP contribution in [0.3, 0.4) is 0 Å². The fourth-order valence-corrected chi connectivity index (χ4v) is 2.91. The molecular weight excluding hydrogens is 260 g/mol. The highest BCUT2D eigenvalue weighted by molar-refractivity contribution is 7.92. The Morgan fingerprint density at radius 3 is 2.53 bits per heavy atom. The van der Waals surface area contributed by atoms with E-state index in [0.717, 1.165) is 25.3 Å². The molecule has 0 saturated carbocycles. The third-order valence-corrected chi connectivity index (χ3v) is 4.83. The van der Waals surface area contributed by atoms with Crippen LogP contribution in [0.4, 0.5) is 5.69 Å².